The van der Waals surface area contributed by atoms with Crippen molar-refractivity contribution in [1.29, 1.82) is 0 Å². The van der Waals surface area contributed by atoms with Crippen molar-refractivity contribution in [1.82, 2.24) is 0 Å². The molecular weight excluding hydrogens is 226 g/mol. The fourth-order valence-electron chi connectivity index (χ4n) is 1.35. The highest BCUT2D eigenvalue weighted by Crippen LogP contribution is 2.30. The molecule has 0 aliphatic rings. The average Bonchev–Trinajstić information content (AvgIpc) is 2.31. The Bertz CT molecular complexity index is 389. The van der Waals surface area contributed by atoms with Gasteiger partial charge in [0.25, 0.3) is 0 Å². The van der Waals surface area contributed by atoms with Crippen molar-refractivity contribution in [2.24, 2.45) is 0 Å². The molecule has 6 nitrogen and oxygen atoms in total. The molecule has 0 aliphatic heterocycles. The van der Waals surface area contributed by atoms with Crippen LogP contribution in [0.3, 0.4) is 0 Å². The van der Waals surface area contributed by atoms with Crippen LogP contribution in [0.25, 0.3) is 0 Å². The van der Waals surface area contributed by atoms with Crippen LogP contribution in [0.5, 0.6) is 5.75 Å². The van der Waals surface area contributed by atoms with Crippen molar-refractivity contribution in [2.75, 3.05) is 20.8 Å². The summed E-state index contributed by atoms with van der Waals surface area (Å²) in [6, 6.07) is 4.76. The normalized spacial score (nSPS) is 10.6. The quantitative estimate of drug-likeness (QED) is 0.432. The van der Waals surface area contributed by atoms with E-state index in [1.54, 1.807) is 19.1 Å². The number of hydrogen-bond donors (Lipinski definition) is 0. The second-order valence-corrected chi connectivity index (χ2v) is 3.39. The number of benzene rings is 1. The number of aryl methyl sites for hydroxylation is 1. The fourth-order valence-corrected chi connectivity index (χ4v) is 1.35. The summed E-state index contributed by atoms with van der Waals surface area (Å²) in [5, 5.41) is 10.8. The molecule has 6 heteroatoms. The first kappa shape index (κ1) is 13.4. The molecule has 0 aliphatic carbocycles. The summed E-state index contributed by atoms with van der Waals surface area (Å²) in [6.45, 7) is 1.84. The lowest BCUT2D eigenvalue weighted by molar-refractivity contribution is -0.386. The summed E-state index contributed by atoms with van der Waals surface area (Å²) in [5.74, 6) is 0.247. The number of methoxy groups -OCH3 is 2. The Labute approximate surface area is 99.2 Å². The summed E-state index contributed by atoms with van der Waals surface area (Å²) < 4.78 is 15.3. The molecule has 0 radical (unpaired) electrons. The van der Waals surface area contributed by atoms with Gasteiger partial charge in [0.1, 0.15) is 6.61 Å². The van der Waals surface area contributed by atoms with E-state index in [0.29, 0.717) is 5.56 Å². The average molecular weight is 241 g/mol. The van der Waals surface area contributed by atoms with Gasteiger partial charge in [0.05, 0.1) is 4.92 Å². The molecule has 0 aromatic heterocycles. The van der Waals surface area contributed by atoms with E-state index >= 15 is 0 Å². The van der Waals surface area contributed by atoms with Crippen LogP contribution in [-0.4, -0.2) is 32.0 Å². The molecule has 0 unspecified atom stereocenters. The molecule has 0 heterocycles. The molecule has 0 spiro atoms. The van der Waals surface area contributed by atoms with Gasteiger partial charge in [-0.1, -0.05) is 12.1 Å². The molecule has 17 heavy (non-hydrogen) atoms. The smallest absolute Gasteiger partial charge is 0.311 e. The maximum absolute atomic E-state index is 10.8. The van der Waals surface area contributed by atoms with E-state index in [0.717, 1.165) is 0 Å². The monoisotopic (exact) mass is 241 g/mol. The Morgan fingerprint density at radius 2 is 2.00 bits per heavy atom. The van der Waals surface area contributed by atoms with Gasteiger partial charge in [-0.15, -0.1) is 0 Å². The summed E-state index contributed by atoms with van der Waals surface area (Å²) in [5.41, 5.74) is 0.640. The molecule has 0 saturated carbocycles. The summed E-state index contributed by atoms with van der Waals surface area (Å²) in [6.07, 6.45) is -0.547. The van der Waals surface area contributed by atoms with Crippen molar-refractivity contribution in [3.63, 3.8) is 0 Å². The van der Waals surface area contributed by atoms with E-state index in [-0.39, 0.29) is 18.0 Å². The highest BCUT2D eigenvalue weighted by Gasteiger charge is 2.18. The van der Waals surface area contributed by atoms with Crippen molar-refractivity contribution in [2.45, 2.75) is 13.2 Å². The number of rotatable bonds is 6. The maximum atomic E-state index is 10.8. The molecule has 0 bridgehead atoms. The van der Waals surface area contributed by atoms with Gasteiger partial charge in [-0.3, -0.25) is 10.1 Å². The number of hydrogen-bond acceptors (Lipinski definition) is 5. The molecule has 0 amide bonds. The third kappa shape index (κ3) is 3.40. The summed E-state index contributed by atoms with van der Waals surface area (Å²) in [7, 11) is 2.95. The molecule has 94 valence electrons. The molecular formula is C11H15NO5. The minimum Gasteiger partial charge on any atom is -0.481 e. The lowest BCUT2D eigenvalue weighted by Gasteiger charge is -2.15. The molecule has 1 aromatic carbocycles. The minimum atomic E-state index is -0.547. The Morgan fingerprint density at radius 1 is 1.35 bits per heavy atom. The van der Waals surface area contributed by atoms with Gasteiger partial charge in [0.15, 0.2) is 12.0 Å². The second kappa shape index (κ2) is 6.17. The van der Waals surface area contributed by atoms with E-state index < -0.39 is 11.2 Å². The molecule has 0 fully saturated rings. The van der Waals surface area contributed by atoms with Crippen LogP contribution >= 0.6 is 0 Å². The molecule has 0 atom stereocenters. The maximum Gasteiger partial charge on any atom is 0.311 e. The van der Waals surface area contributed by atoms with Gasteiger partial charge in [-0.05, 0) is 12.5 Å². The SMILES string of the molecule is COC(COc1c(C)cccc1[N+](=O)[O-])OC. The Morgan fingerprint density at radius 3 is 2.53 bits per heavy atom. The first-order valence-electron chi connectivity index (χ1n) is 5.02. The lowest BCUT2D eigenvalue weighted by Crippen LogP contribution is -2.22. The van der Waals surface area contributed by atoms with E-state index in [9.17, 15) is 10.1 Å². The lowest BCUT2D eigenvalue weighted by atomic mass is 10.2. The van der Waals surface area contributed by atoms with Gasteiger partial charge < -0.3 is 14.2 Å². The predicted molar refractivity (Wildman–Crippen MR) is 61.1 cm³/mol. The third-order valence-electron chi connectivity index (χ3n) is 2.28. The summed E-state index contributed by atoms with van der Waals surface area (Å²) in [4.78, 5) is 10.3. The summed E-state index contributed by atoms with van der Waals surface area (Å²) >= 11 is 0. The molecule has 0 N–H and O–H groups in total. The van der Waals surface area contributed by atoms with Crippen molar-refractivity contribution in [3.05, 3.63) is 33.9 Å². The number of para-hydroxylation sites is 1. The number of nitrogens with zero attached hydrogens (tertiary/aromatic N) is 1. The van der Waals surface area contributed by atoms with Gasteiger partial charge in [0.2, 0.25) is 0 Å². The first-order valence-corrected chi connectivity index (χ1v) is 5.02. The van der Waals surface area contributed by atoms with Gasteiger partial charge in [-0.2, -0.15) is 0 Å². The zero-order valence-electron chi connectivity index (χ0n) is 10.0. The zero-order valence-corrected chi connectivity index (χ0v) is 10.0. The molecule has 1 aromatic rings. The number of ether oxygens (including phenoxy) is 3. The van der Waals surface area contributed by atoms with E-state index in [4.69, 9.17) is 14.2 Å². The van der Waals surface area contributed by atoms with Crippen molar-refractivity contribution < 1.29 is 19.1 Å². The Kier molecular flexibility index (Phi) is 4.86. The minimum absolute atomic E-state index is 0.0593. The van der Waals surface area contributed by atoms with Crippen molar-refractivity contribution >= 4 is 5.69 Å². The highest BCUT2D eigenvalue weighted by atomic mass is 16.7. The van der Waals surface area contributed by atoms with Crippen LogP contribution in [0.2, 0.25) is 0 Å². The van der Waals surface area contributed by atoms with E-state index in [2.05, 4.69) is 0 Å². The largest absolute Gasteiger partial charge is 0.481 e. The van der Waals surface area contributed by atoms with Crippen molar-refractivity contribution in [3.8, 4) is 5.75 Å². The first-order chi connectivity index (χ1) is 8.10. The van der Waals surface area contributed by atoms with Crippen LogP contribution in [0.4, 0.5) is 5.69 Å². The van der Waals surface area contributed by atoms with Crippen LogP contribution < -0.4 is 4.74 Å². The Balaban J connectivity index is 2.85. The van der Waals surface area contributed by atoms with Crippen LogP contribution in [0.1, 0.15) is 5.56 Å². The third-order valence-corrected chi connectivity index (χ3v) is 2.28. The van der Waals surface area contributed by atoms with Crippen LogP contribution in [0, 0.1) is 17.0 Å². The number of nitro groups is 1. The molecule has 0 saturated heterocycles. The van der Waals surface area contributed by atoms with E-state index in [1.807, 2.05) is 0 Å². The second-order valence-electron chi connectivity index (χ2n) is 3.39. The topological polar surface area (TPSA) is 70.8 Å². The number of nitro benzene ring substituents is 1. The van der Waals surface area contributed by atoms with Crippen LogP contribution in [-0.2, 0) is 9.47 Å². The standard InChI is InChI=1S/C11H15NO5/c1-8-5-4-6-9(12(13)14)11(8)17-7-10(15-2)16-3/h4-6,10H,7H2,1-3H3. The Hall–Kier alpha value is -1.66. The fraction of sp³-hybridized carbons (Fsp3) is 0.455. The zero-order chi connectivity index (χ0) is 12.8. The predicted octanol–water partition coefficient (Wildman–Crippen LogP) is 1.90. The van der Waals surface area contributed by atoms with Crippen LogP contribution in [0.15, 0.2) is 18.2 Å². The molecule has 1 rings (SSSR count). The van der Waals surface area contributed by atoms with Gasteiger partial charge in [-0.25, -0.2) is 0 Å². The van der Waals surface area contributed by atoms with E-state index in [1.165, 1.54) is 20.3 Å². The van der Waals surface area contributed by atoms with Gasteiger partial charge in [0, 0.05) is 20.3 Å². The van der Waals surface area contributed by atoms with Gasteiger partial charge >= 0.3 is 5.69 Å². The highest BCUT2D eigenvalue weighted by molar-refractivity contribution is 5.51.